The molecular formula is C13H19FN2. The summed E-state index contributed by atoms with van der Waals surface area (Å²) >= 11 is 0. The predicted molar refractivity (Wildman–Crippen MR) is 63.6 cm³/mol. The summed E-state index contributed by atoms with van der Waals surface area (Å²) in [7, 11) is 0. The number of nitrogens with zero attached hydrogens (tertiary/aromatic N) is 1. The third-order valence-corrected chi connectivity index (χ3v) is 3.34. The number of rotatable bonds is 2. The summed E-state index contributed by atoms with van der Waals surface area (Å²) in [5.74, 6) is -0.180. The Balaban J connectivity index is 2.30. The predicted octanol–water partition coefficient (Wildman–Crippen LogP) is 2.31. The van der Waals surface area contributed by atoms with Crippen molar-refractivity contribution in [2.45, 2.75) is 38.4 Å². The van der Waals surface area contributed by atoms with Crippen molar-refractivity contribution in [3.8, 4) is 0 Å². The lowest BCUT2D eigenvalue weighted by molar-refractivity contribution is 0.198. The fourth-order valence-electron chi connectivity index (χ4n) is 2.55. The molecule has 0 aromatic heterocycles. The molecule has 16 heavy (non-hydrogen) atoms. The fraction of sp³-hybridized carbons (Fsp3) is 0.538. The van der Waals surface area contributed by atoms with Crippen LogP contribution in [0.3, 0.4) is 0 Å². The zero-order valence-corrected chi connectivity index (χ0v) is 9.86. The molecule has 0 amide bonds. The van der Waals surface area contributed by atoms with Gasteiger partial charge in [-0.15, -0.1) is 0 Å². The van der Waals surface area contributed by atoms with Gasteiger partial charge in [0.25, 0.3) is 0 Å². The van der Waals surface area contributed by atoms with Gasteiger partial charge in [-0.3, -0.25) is 4.90 Å². The molecule has 1 aliphatic rings. The standard InChI is InChI=1S/C13H19FN2/c1-9(2)16-7-6-12(15)13(16)10-4-3-5-11(14)8-10/h3-5,8-9,12-13H,6-7,15H2,1-2H3. The molecule has 2 rings (SSSR count). The molecule has 1 aliphatic heterocycles. The lowest BCUT2D eigenvalue weighted by Gasteiger charge is -2.30. The maximum absolute atomic E-state index is 13.2. The molecule has 2 N–H and O–H groups in total. The fourth-order valence-corrected chi connectivity index (χ4v) is 2.55. The van der Waals surface area contributed by atoms with E-state index in [1.54, 1.807) is 12.1 Å². The summed E-state index contributed by atoms with van der Waals surface area (Å²) < 4.78 is 13.2. The van der Waals surface area contributed by atoms with Crippen molar-refractivity contribution in [3.63, 3.8) is 0 Å². The lowest BCUT2D eigenvalue weighted by atomic mass is 10.00. The second kappa shape index (κ2) is 4.52. The van der Waals surface area contributed by atoms with Gasteiger partial charge in [-0.05, 0) is 38.0 Å². The first-order valence-corrected chi connectivity index (χ1v) is 5.86. The third kappa shape index (κ3) is 2.11. The highest BCUT2D eigenvalue weighted by atomic mass is 19.1. The minimum Gasteiger partial charge on any atom is -0.326 e. The van der Waals surface area contributed by atoms with Gasteiger partial charge in [-0.2, -0.15) is 0 Å². The highest BCUT2D eigenvalue weighted by Gasteiger charge is 2.34. The highest BCUT2D eigenvalue weighted by Crippen LogP contribution is 2.32. The van der Waals surface area contributed by atoms with Crippen molar-refractivity contribution in [1.82, 2.24) is 4.90 Å². The summed E-state index contributed by atoms with van der Waals surface area (Å²) in [5, 5.41) is 0. The lowest BCUT2D eigenvalue weighted by Crippen LogP contribution is -2.35. The van der Waals surface area contributed by atoms with Crippen LogP contribution in [0, 0.1) is 5.82 Å². The SMILES string of the molecule is CC(C)N1CCC(N)C1c1cccc(F)c1. The van der Waals surface area contributed by atoms with E-state index in [4.69, 9.17) is 5.73 Å². The maximum Gasteiger partial charge on any atom is 0.123 e. The van der Waals surface area contributed by atoms with Crippen LogP contribution in [0.4, 0.5) is 4.39 Å². The van der Waals surface area contributed by atoms with Crippen LogP contribution in [-0.4, -0.2) is 23.5 Å². The first kappa shape index (κ1) is 11.6. The number of halogens is 1. The number of nitrogens with two attached hydrogens (primary N) is 1. The molecule has 3 heteroatoms. The Morgan fingerprint density at radius 2 is 2.19 bits per heavy atom. The van der Waals surface area contributed by atoms with Crippen molar-refractivity contribution >= 4 is 0 Å². The van der Waals surface area contributed by atoms with Crippen molar-refractivity contribution in [1.29, 1.82) is 0 Å². The topological polar surface area (TPSA) is 29.3 Å². The zero-order chi connectivity index (χ0) is 11.7. The minimum absolute atomic E-state index is 0.115. The van der Waals surface area contributed by atoms with Crippen molar-refractivity contribution < 1.29 is 4.39 Å². The molecule has 0 aliphatic carbocycles. The molecule has 2 atom stereocenters. The Morgan fingerprint density at radius 1 is 1.44 bits per heavy atom. The van der Waals surface area contributed by atoms with Gasteiger partial charge in [-0.25, -0.2) is 4.39 Å². The molecule has 88 valence electrons. The molecule has 2 unspecified atom stereocenters. The Bertz CT molecular complexity index is 365. The molecule has 2 nitrogen and oxygen atoms in total. The van der Waals surface area contributed by atoms with E-state index in [2.05, 4.69) is 18.7 Å². The van der Waals surface area contributed by atoms with Gasteiger partial charge in [0.15, 0.2) is 0 Å². The highest BCUT2D eigenvalue weighted by molar-refractivity contribution is 5.23. The molecule has 0 spiro atoms. The second-order valence-electron chi connectivity index (χ2n) is 4.78. The van der Waals surface area contributed by atoms with Crippen molar-refractivity contribution in [2.24, 2.45) is 5.73 Å². The maximum atomic E-state index is 13.2. The minimum atomic E-state index is -0.180. The van der Waals surface area contributed by atoms with Crippen LogP contribution < -0.4 is 5.73 Å². The average molecular weight is 222 g/mol. The van der Waals surface area contributed by atoms with Gasteiger partial charge < -0.3 is 5.73 Å². The van der Waals surface area contributed by atoms with E-state index in [-0.39, 0.29) is 17.9 Å². The molecule has 0 radical (unpaired) electrons. The zero-order valence-electron chi connectivity index (χ0n) is 9.86. The summed E-state index contributed by atoms with van der Waals surface area (Å²) in [5.41, 5.74) is 7.12. The van der Waals surface area contributed by atoms with Gasteiger partial charge in [0.05, 0.1) is 6.04 Å². The largest absolute Gasteiger partial charge is 0.326 e. The quantitative estimate of drug-likeness (QED) is 0.832. The molecule has 1 aromatic carbocycles. The molecule has 0 saturated carbocycles. The van der Waals surface area contributed by atoms with Crippen LogP contribution >= 0.6 is 0 Å². The van der Waals surface area contributed by atoms with Crippen LogP contribution in [-0.2, 0) is 0 Å². The third-order valence-electron chi connectivity index (χ3n) is 3.34. The second-order valence-corrected chi connectivity index (χ2v) is 4.78. The number of hydrogen-bond acceptors (Lipinski definition) is 2. The first-order chi connectivity index (χ1) is 7.59. The molecular weight excluding hydrogens is 203 g/mol. The average Bonchev–Trinajstić information content (AvgIpc) is 2.60. The van der Waals surface area contributed by atoms with Gasteiger partial charge in [0, 0.05) is 18.6 Å². The van der Waals surface area contributed by atoms with Crippen molar-refractivity contribution in [3.05, 3.63) is 35.6 Å². The summed E-state index contributed by atoms with van der Waals surface area (Å²) in [6.45, 7) is 5.31. The van der Waals surface area contributed by atoms with Crippen LogP contribution in [0.25, 0.3) is 0 Å². The van der Waals surface area contributed by atoms with Crippen LogP contribution in [0.1, 0.15) is 31.9 Å². The first-order valence-electron chi connectivity index (χ1n) is 5.86. The normalized spacial score (nSPS) is 26.6. The van der Waals surface area contributed by atoms with E-state index in [9.17, 15) is 4.39 Å². The van der Waals surface area contributed by atoms with Crippen LogP contribution in [0.5, 0.6) is 0 Å². The molecule has 1 heterocycles. The Labute approximate surface area is 96.2 Å². The molecule has 1 aromatic rings. The number of hydrogen-bond donors (Lipinski definition) is 1. The van der Waals surface area contributed by atoms with E-state index in [0.29, 0.717) is 6.04 Å². The van der Waals surface area contributed by atoms with E-state index in [1.807, 2.05) is 6.07 Å². The van der Waals surface area contributed by atoms with Gasteiger partial charge in [0.1, 0.15) is 5.82 Å². The van der Waals surface area contributed by atoms with Gasteiger partial charge >= 0.3 is 0 Å². The Hall–Kier alpha value is -0.930. The smallest absolute Gasteiger partial charge is 0.123 e. The summed E-state index contributed by atoms with van der Waals surface area (Å²) in [6, 6.07) is 7.53. The van der Waals surface area contributed by atoms with Gasteiger partial charge in [0.2, 0.25) is 0 Å². The number of likely N-dealkylation sites (tertiary alicyclic amines) is 1. The number of benzene rings is 1. The van der Waals surface area contributed by atoms with E-state index < -0.39 is 0 Å². The van der Waals surface area contributed by atoms with E-state index >= 15 is 0 Å². The van der Waals surface area contributed by atoms with Crippen LogP contribution in [0.15, 0.2) is 24.3 Å². The monoisotopic (exact) mass is 222 g/mol. The molecule has 1 fully saturated rings. The summed E-state index contributed by atoms with van der Waals surface area (Å²) in [4.78, 5) is 2.35. The summed E-state index contributed by atoms with van der Waals surface area (Å²) in [6.07, 6.45) is 0.985. The van der Waals surface area contributed by atoms with E-state index in [0.717, 1.165) is 18.5 Å². The molecule has 0 bridgehead atoms. The Kier molecular flexibility index (Phi) is 3.26. The van der Waals surface area contributed by atoms with Gasteiger partial charge in [-0.1, -0.05) is 12.1 Å². The molecule has 1 saturated heterocycles. The van der Waals surface area contributed by atoms with E-state index in [1.165, 1.54) is 6.07 Å². The van der Waals surface area contributed by atoms with Crippen LogP contribution in [0.2, 0.25) is 0 Å². The van der Waals surface area contributed by atoms with Crippen molar-refractivity contribution in [2.75, 3.05) is 6.54 Å². The Morgan fingerprint density at radius 3 is 2.81 bits per heavy atom.